The lowest BCUT2D eigenvalue weighted by molar-refractivity contribution is 0.0941. The number of nitriles is 1. The largest absolute Gasteiger partial charge is 0.497 e. The lowest BCUT2D eigenvalue weighted by Gasteiger charge is -2.25. The van der Waals surface area contributed by atoms with Gasteiger partial charge < -0.3 is 9.84 Å². The van der Waals surface area contributed by atoms with Crippen molar-refractivity contribution in [1.82, 2.24) is 0 Å². The van der Waals surface area contributed by atoms with Crippen molar-refractivity contribution < 1.29 is 9.84 Å². The van der Waals surface area contributed by atoms with Gasteiger partial charge in [-0.05, 0) is 30.5 Å². The lowest BCUT2D eigenvalue weighted by atomic mass is 9.81. The van der Waals surface area contributed by atoms with Crippen molar-refractivity contribution in [3.05, 3.63) is 29.8 Å². The first kappa shape index (κ1) is 13.9. The third-order valence-corrected chi connectivity index (χ3v) is 4.07. The fourth-order valence-electron chi connectivity index (χ4n) is 2.93. The Hall–Kier alpha value is -1.53. The molecule has 1 N–H and O–H groups in total. The summed E-state index contributed by atoms with van der Waals surface area (Å²) in [6.07, 6.45) is 4.74. The van der Waals surface area contributed by atoms with E-state index >= 15 is 0 Å². The molecule has 0 aliphatic heterocycles. The summed E-state index contributed by atoms with van der Waals surface area (Å²) >= 11 is 0. The molecule has 2 rings (SSSR count). The van der Waals surface area contributed by atoms with E-state index in [1.807, 2.05) is 24.3 Å². The second kappa shape index (κ2) is 6.58. The minimum Gasteiger partial charge on any atom is -0.497 e. The highest BCUT2D eigenvalue weighted by molar-refractivity contribution is 5.32. The van der Waals surface area contributed by atoms with Gasteiger partial charge in [0.25, 0.3) is 0 Å². The molecular weight excluding hydrogens is 238 g/mol. The average molecular weight is 259 g/mol. The van der Waals surface area contributed by atoms with Crippen LogP contribution in [0.2, 0.25) is 0 Å². The topological polar surface area (TPSA) is 53.2 Å². The smallest absolute Gasteiger partial charge is 0.118 e. The summed E-state index contributed by atoms with van der Waals surface area (Å²) in [5.74, 6) is 0.627. The molecule has 1 aliphatic carbocycles. The number of aliphatic hydroxyl groups excluding tert-OH is 1. The van der Waals surface area contributed by atoms with Crippen LogP contribution in [0.3, 0.4) is 0 Å². The molecule has 0 bridgehead atoms. The number of nitrogens with zero attached hydrogens (tertiary/aromatic N) is 1. The first-order valence-corrected chi connectivity index (χ1v) is 6.98. The van der Waals surface area contributed by atoms with E-state index in [4.69, 9.17) is 4.74 Å². The first-order valence-electron chi connectivity index (χ1n) is 6.98. The van der Waals surface area contributed by atoms with Crippen LogP contribution in [-0.2, 0) is 0 Å². The zero-order valence-electron chi connectivity index (χ0n) is 11.4. The van der Waals surface area contributed by atoms with E-state index in [2.05, 4.69) is 6.07 Å². The number of ether oxygens (including phenoxy) is 1. The summed E-state index contributed by atoms with van der Waals surface area (Å²) in [6, 6.07) is 10.0. The van der Waals surface area contributed by atoms with E-state index in [9.17, 15) is 10.4 Å². The fourth-order valence-corrected chi connectivity index (χ4v) is 2.93. The number of methoxy groups -OCH3 is 1. The minimum atomic E-state index is -0.353. The normalized spacial score (nSPS) is 25.1. The van der Waals surface area contributed by atoms with Gasteiger partial charge in [-0.2, -0.15) is 5.26 Å². The van der Waals surface area contributed by atoms with Crippen molar-refractivity contribution in [3.63, 3.8) is 0 Å². The summed E-state index contributed by atoms with van der Waals surface area (Å²) in [7, 11) is 1.63. The number of hydrogen-bond donors (Lipinski definition) is 1. The molecule has 1 aromatic rings. The van der Waals surface area contributed by atoms with E-state index < -0.39 is 0 Å². The van der Waals surface area contributed by atoms with E-state index in [-0.39, 0.29) is 17.9 Å². The number of benzene rings is 1. The monoisotopic (exact) mass is 259 g/mol. The predicted molar refractivity (Wildman–Crippen MR) is 73.9 cm³/mol. The summed E-state index contributed by atoms with van der Waals surface area (Å²) in [5, 5.41) is 19.7. The molecule has 1 saturated carbocycles. The van der Waals surface area contributed by atoms with E-state index in [1.165, 1.54) is 0 Å². The van der Waals surface area contributed by atoms with Crippen molar-refractivity contribution >= 4 is 0 Å². The average Bonchev–Trinajstić information content (AvgIpc) is 2.66. The molecule has 0 heterocycles. The van der Waals surface area contributed by atoms with Crippen LogP contribution in [-0.4, -0.2) is 18.3 Å². The molecule has 1 aliphatic rings. The van der Waals surface area contributed by atoms with Crippen LogP contribution in [0.15, 0.2) is 24.3 Å². The van der Waals surface area contributed by atoms with Gasteiger partial charge in [0, 0.05) is 5.92 Å². The highest BCUT2D eigenvalue weighted by atomic mass is 16.5. The maximum absolute atomic E-state index is 10.2. The quantitative estimate of drug-likeness (QED) is 0.848. The summed E-state index contributed by atoms with van der Waals surface area (Å²) in [6.45, 7) is 0. The molecule has 0 amide bonds. The molecule has 102 valence electrons. The van der Waals surface area contributed by atoms with Crippen LogP contribution in [0.4, 0.5) is 0 Å². The Morgan fingerprint density at radius 3 is 2.53 bits per heavy atom. The van der Waals surface area contributed by atoms with Gasteiger partial charge in [0.1, 0.15) is 5.75 Å². The SMILES string of the molecule is COc1ccc(C(C#N)C2CCCCCC2O)cc1. The zero-order chi connectivity index (χ0) is 13.7. The van der Waals surface area contributed by atoms with Crippen LogP contribution in [0.5, 0.6) is 5.75 Å². The number of hydrogen-bond acceptors (Lipinski definition) is 3. The van der Waals surface area contributed by atoms with Crippen LogP contribution in [0, 0.1) is 17.2 Å². The number of aliphatic hydroxyl groups is 1. The highest BCUT2D eigenvalue weighted by Gasteiger charge is 2.30. The maximum Gasteiger partial charge on any atom is 0.118 e. The summed E-state index contributed by atoms with van der Waals surface area (Å²) in [4.78, 5) is 0. The van der Waals surface area contributed by atoms with Crippen molar-refractivity contribution in [1.29, 1.82) is 5.26 Å². The van der Waals surface area contributed by atoms with E-state index in [0.717, 1.165) is 43.4 Å². The van der Waals surface area contributed by atoms with E-state index in [1.54, 1.807) is 7.11 Å². The Labute approximate surface area is 114 Å². The van der Waals surface area contributed by atoms with Crippen LogP contribution >= 0.6 is 0 Å². The standard InChI is InChI=1S/C16H21NO2/c1-19-13-9-7-12(8-10-13)15(11-17)14-5-3-2-4-6-16(14)18/h7-10,14-16,18H,2-6H2,1H3. The molecule has 3 atom stereocenters. The minimum absolute atomic E-state index is 0.0564. The van der Waals surface area contributed by atoms with Gasteiger partial charge >= 0.3 is 0 Å². The van der Waals surface area contributed by atoms with Gasteiger partial charge in [0.15, 0.2) is 0 Å². The van der Waals surface area contributed by atoms with Gasteiger partial charge in [-0.3, -0.25) is 0 Å². The lowest BCUT2D eigenvalue weighted by Crippen LogP contribution is -2.25. The highest BCUT2D eigenvalue weighted by Crippen LogP contribution is 2.35. The van der Waals surface area contributed by atoms with Crippen LogP contribution < -0.4 is 4.74 Å². The van der Waals surface area contributed by atoms with Crippen molar-refractivity contribution in [2.75, 3.05) is 7.11 Å². The maximum atomic E-state index is 10.2. The molecule has 0 spiro atoms. The Kier molecular flexibility index (Phi) is 4.81. The Morgan fingerprint density at radius 2 is 1.89 bits per heavy atom. The Balaban J connectivity index is 2.20. The summed E-state index contributed by atoms with van der Waals surface area (Å²) < 4.78 is 5.14. The van der Waals surface area contributed by atoms with Crippen molar-refractivity contribution in [3.8, 4) is 11.8 Å². The molecule has 0 saturated heterocycles. The second-order valence-corrected chi connectivity index (χ2v) is 5.25. The van der Waals surface area contributed by atoms with Crippen LogP contribution in [0.25, 0.3) is 0 Å². The molecule has 1 fully saturated rings. The van der Waals surface area contributed by atoms with Gasteiger partial charge in [0.05, 0.1) is 25.2 Å². The van der Waals surface area contributed by atoms with Crippen molar-refractivity contribution in [2.45, 2.75) is 44.1 Å². The molecule has 3 nitrogen and oxygen atoms in total. The van der Waals surface area contributed by atoms with Crippen LogP contribution in [0.1, 0.15) is 43.6 Å². The number of rotatable bonds is 3. The molecule has 0 radical (unpaired) electrons. The van der Waals surface area contributed by atoms with Gasteiger partial charge in [-0.1, -0.05) is 31.4 Å². The first-order chi connectivity index (χ1) is 9.26. The molecular formula is C16H21NO2. The predicted octanol–water partition coefficient (Wildman–Crippen LogP) is 3.24. The van der Waals surface area contributed by atoms with Gasteiger partial charge in [-0.15, -0.1) is 0 Å². The Bertz CT molecular complexity index is 435. The molecule has 19 heavy (non-hydrogen) atoms. The second-order valence-electron chi connectivity index (χ2n) is 5.25. The van der Waals surface area contributed by atoms with E-state index in [0.29, 0.717) is 0 Å². The van der Waals surface area contributed by atoms with Gasteiger partial charge in [-0.25, -0.2) is 0 Å². The van der Waals surface area contributed by atoms with Gasteiger partial charge in [0.2, 0.25) is 0 Å². The molecule has 3 heteroatoms. The third-order valence-electron chi connectivity index (χ3n) is 4.07. The van der Waals surface area contributed by atoms with Crippen molar-refractivity contribution in [2.24, 2.45) is 5.92 Å². The summed E-state index contributed by atoms with van der Waals surface area (Å²) in [5.41, 5.74) is 0.981. The molecule has 3 unspecified atom stereocenters. The molecule has 1 aromatic carbocycles. The fraction of sp³-hybridized carbons (Fsp3) is 0.562. The Morgan fingerprint density at radius 1 is 1.21 bits per heavy atom. The zero-order valence-corrected chi connectivity index (χ0v) is 11.4. The molecule has 0 aromatic heterocycles. The third kappa shape index (κ3) is 3.27.